The Morgan fingerprint density at radius 1 is 1.00 bits per heavy atom. The molecule has 0 saturated heterocycles. The van der Waals surface area contributed by atoms with E-state index in [9.17, 15) is 18.0 Å². The average Bonchev–Trinajstić information content (AvgIpc) is 2.92. The predicted molar refractivity (Wildman–Crippen MR) is 150 cm³/mol. The van der Waals surface area contributed by atoms with E-state index >= 15 is 0 Å². The van der Waals surface area contributed by atoms with Gasteiger partial charge in [-0.05, 0) is 63.1 Å². The Hall–Kier alpha value is -3.74. The molecule has 0 atom stereocenters. The molecule has 3 aromatic rings. The van der Waals surface area contributed by atoms with Crippen molar-refractivity contribution in [3.05, 3.63) is 65.3 Å². The van der Waals surface area contributed by atoms with Crippen LogP contribution >= 0.6 is 11.6 Å². The van der Waals surface area contributed by atoms with E-state index in [4.69, 9.17) is 16.8 Å². The minimum absolute atomic E-state index is 0.146. The lowest BCUT2D eigenvalue weighted by Gasteiger charge is -2.15. The van der Waals surface area contributed by atoms with Crippen molar-refractivity contribution in [2.45, 2.75) is 49.7 Å². The summed E-state index contributed by atoms with van der Waals surface area (Å²) in [7, 11) is -3.55. The first kappa shape index (κ1) is 29.8. The van der Waals surface area contributed by atoms with E-state index in [0.29, 0.717) is 36.3 Å². The third-order valence-electron chi connectivity index (χ3n) is 5.71. The molecule has 1 heterocycles. The molecule has 13 heteroatoms. The Balaban J connectivity index is 1.61. The smallest absolute Gasteiger partial charge is 0.251 e. The number of nitrogens with zero attached hydrogens (tertiary/aromatic N) is 2. The van der Waals surface area contributed by atoms with Gasteiger partial charge in [-0.15, -0.1) is 0 Å². The quantitative estimate of drug-likeness (QED) is 0.112. The fourth-order valence-electron chi connectivity index (χ4n) is 3.50. The lowest BCUT2D eigenvalue weighted by atomic mass is 10.1. The topological polar surface area (TPSA) is 162 Å². The Morgan fingerprint density at radius 2 is 1.72 bits per heavy atom. The fourth-order valence-corrected chi connectivity index (χ4v) is 4.84. The van der Waals surface area contributed by atoms with Crippen LogP contribution in [-0.4, -0.2) is 47.2 Å². The van der Waals surface area contributed by atoms with Crippen LogP contribution in [0.25, 0.3) is 0 Å². The van der Waals surface area contributed by atoms with Crippen molar-refractivity contribution in [1.82, 2.24) is 20.8 Å². The van der Waals surface area contributed by atoms with Crippen LogP contribution in [0.15, 0.2) is 59.6 Å². The van der Waals surface area contributed by atoms with Crippen molar-refractivity contribution in [3.8, 4) is 0 Å². The molecule has 3 rings (SSSR count). The number of carbonyl (C=O) groups excluding carboxylic acids is 2. The second kappa shape index (κ2) is 13.9. The number of amides is 2. The number of sulfone groups is 1. The number of carbonyl (C=O) groups is 2. The summed E-state index contributed by atoms with van der Waals surface area (Å²) >= 11 is 6.29. The number of halogens is 1. The van der Waals surface area contributed by atoms with Crippen molar-refractivity contribution in [2.24, 2.45) is 0 Å². The summed E-state index contributed by atoms with van der Waals surface area (Å²) in [6.45, 7) is 3.70. The van der Waals surface area contributed by atoms with E-state index < -0.39 is 21.0 Å². The fraction of sp³-hybridized carbons (Fsp3) is 0.308. The number of benzene rings is 2. The van der Waals surface area contributed by atoms with Crippen LogP contribution in [0, 0.1) is 0 Å². The standard InChI is InChI=1S/C26H31ClN6O5S/c1-17(2)39(37,38)22-9-6-5-8-21(22)31-24-20(27)16-29-26(32-24)30-19-13-11-18(12-14-19)25(35)28-15-7-3-4-10-23(34)33-36/h5-6,8-9,11-14,16-17,36H,3-4,7,10,15H2,1-2H3,(H,28,35)(H,33,34)(H2,29,30,31,32). The molecule has 39 heavy (non-hydrogen) atoms. The monoisotopic (exact) mass is 574 g/mol. The minimum Gasteiger partial charge on any atom is -0.352 e. The lowest BCUT2D eigenvalue weighted by molar-refractivity contribution is -0.129. The largest absolute Gasteiger partial charge is 0.352 e. The molecular formula is C26H31ClN6O5S. The number of hydrogen-bond acceptors (Lipinski definition) is 9. The van der Waals surface area contributed by atoms with Gasteiger partial charge in [0.2, 0.25) is 11.9 Å². The molecule has 0 aliphatic rings. The highest BCUT2D eigenvalue weighted by atomic mass is 35.5. The number of anilines is 4. The summed E-state index contributed by atoms with van der Waals surface area (Å²) in [6.07, 6.45) is 3.71. The third kappa shape index (κ3) is 8.37. The van der Waals surface area contributed by atoms with Crippen LogP contribution in [0.1, 0.15) is 49.9 Å². The van der Waals surface area contributed by atoms with E-state index in [1.807, 2.05) is 0 Å². The molecule has 0 fully saturated rings. The Kier molecular flexibility index (Phi) is 10.6. The summed E-state index contributed by atoms with van der Waals surface area (Å²) in [6, 6.07) is 13.3. The van der Waals surface area contributed by atoms with Crippen LogP contribution in [0.2, 0.25) is 5.02 Å². The number of nitrogens with one attached hydrogen (secondary N) is 4. The highest BCUT2D eigenvalue weighted by molar-refractivity contribution is 7.92. The molecule has 1 aromatic heterocycles. The van der Waals surface area contributed by atoms with Gasteiger partial charge in [-0.25, -0.2) is 18.9 Å². The van der Waals surface area contributed by atoms with Crippen molar-refractivity contribution in [3.63, 3.8) is 0 Å². The van der Waals surface area contributed by atoms with Gasteiger partial charge in [-0.1, -0.05) is 30.2 Å². The molecule has 5 N–H and O–H groups in total. The van der Waals surface area contributed by atoms with E-state index in [0.717, 1.165) is 6.42 Å². The summed E-state index contributed by atoms with van der Waals surface area (Å²) in [4.78, 5) is 32.1. The second-order valence-electron chi connectivity index (χ2n) is 8.91. The van der Waals surface area contributed by atoms with Gasteiger partial charge in [0.1, 0.15) is 5.02 Å². The normalized spacial score (nSPS) is 11.2. The molecule has 2 aromatic carbocycles. The SMILES string of the molecule is CC(C)S(=O)(=O)c1ccccc1Nc1nc(Nc2ccc(C(=O)NCCCCCC(=O)NO)cc2)ncc1Cl. The van der Waals surface area contributed by atoms with Gasteiger partial charge in [-0.2, -0.15) is 4.98 Å². The van der Waals surface area contributed by atoms with Crippen LogP contribution in [0.3, 0.4) is 0 Å². The average molecular weight is 575 g/mol. The molecule has 0 spiro atoms. The maximum Gasteiger partial charge on any atom is 0.251 e. The molecule has 11 nitrogen and oxygen atoms in total. The van der Waals surface area contributed by atoms with Gasteiger partial charge in [0, 0.05) is 24.2 Å². The highest BCUT2D eigenvalue weighted by Gasteiger charge is 2.23. The summed E-state index contributed by atoms with van der Waals surface area (Å²) < 4.78 is 25.6. The molecule has 0 aliphatic carbocycles. The highest BCUT2D eigenvalue weighted by Crippen LogP contribution is 2.30. The van der Waals surface area contributed by atoms with E-state index in [1.54, 1.807) is 61.8 Å². The van der Waals surface area contributed by atoms with Crippen molar-refractivity contribution >= 4 is 56.4 Å². The summed E-state index contributed by atoms with van der Waals surface area (Å²) in [5.74, 6) is -0.197. The number of unbranched alkanes of at least 4 members (excludes halogenated alkanes) is 2. The van der Waals surface area contributed by atoms with Gasteiger partial charge < -0.3 is 16.0 Å². The molecule has 0 unspecified atom stereocenters. The number of hydrogen-bond donors (Lipinski definition) is 5. The number of rotatable bonds is 13. The van der Waals surface area contributed by atoms with Crippen molar-refractivity contribution < 1.29 is 23.2 Å². The van der Waals surface area contributed by atoms with E-state index in [-0.39, 0.29) is 34.0 Å². The van der Waals surface area contributed by atoms with Crippen LogP contribution in [0.4, 0.5) is 23.1 Å². The zero-order valence-corrected chi connectivity index (χ0v) is 23.1. The molecular weight excluding hydrogens is 544 g/mol. The zero-order chi connectivity index (χ0) is 28.4. The maximum absolute atomic E-state index is 12.8. The zero-order valence-electron chi connectivity index (χ0n) is 21.6. The Labute approximate surface area is 232 Å². The second-order valence-corrected chi connectivity index (χ2v) is 11.8. The predicted octanol–water partition coefficient (Wildman–Crippen LogP) is 4.59. The molecule has 0 saturated carbocycles. The van der Waals surface area contributed by atoms with Crippen molar-refractivity contribution in [1.29, 1.82) is 0 Å². The summed E-state index contributed by atoms with van der Waals surface area (Å²) in [5.41, 5.74) is 3.04. The minimum atomic E-state index is -3.55. The maximum atomic E-state index is 12.8. The number of aromatic nitrogens is 2. The van der Waals surface area contributed by atoms with Gasteiger partial charge in [-0.3, -0.25) is 14.8 Å². The van der Waals surface area contributed by atoms with E-state index in [2.05, 4.69) is 25.9 Å². The number of para-hydroxylation sites is 1. The molecule has 208 valence electrons. The van der Waals surface area contributed by atoms with E-state index in [1.165, 1.54) is 12.3 Å². The first-order valence-electron chi connectivity index (χ1n) is 12.3. The number of hydroxylamine groups is 1. The first-order valence-corrected chi connectivity index (χ1v) is 14.2. The van der Waals surface area contributed by atoms with Crippen LogP contribution < -0.4 is 21.4 Å². The van der Waals surface area contributed by atoms with Gasteiger partial charge >= 0.3 is 0 Å². The van der Waals surface area contributed by atoms with Gasteiger partial charge in [0.15, 0.2) is 15.7 Å². The van der Waals surface area contributed by atoms with Gasteiger partial charge in [0.25, 0.3) is 5.91 Å². The van der Waals surface area contributed by atoms with Crippen molar-refractivity contribution in [2.75, 3.05) is 17.2 Å². The molecule has 0 radical (unpaired) electrons. The molecule has 2 amide bonds. The van der Waals surface area contributed by atoms with Crippen LogP contribution in [0.5, 0.6) is 0 Å². The molecule has 0 bridgehead atoms. The lowest BCUT2D eigenvalue weighted by Crippen LogP contribution is -2.24. The van der Waals surface area contributed by atoms with Crippen LogP contribution in [-0.2, 0) is 14.6 Å². The first-order chi connectivity index (χ1) is 18.6. The summed E-state index contributed by atoms with van der Waals surface area (Å²) in [5, 5.41) is 17.0. The Morgan fingerprint density at radius 3 is 2.41 bits per heavy atom. The molecule has 0 aliphatic heterocycles. The van der Waals surface area contributed by atoms with Gasteiger partial charge in [0.05, 0.1) is 22.0 Å². The third-order valence-corrected chi connectivity index (χ3v) is 8.19. The Bertz CT molecular complexity index is 1400.